The molecule has 1 aromatic carbocycles. The van der Waals surface area contributed by atoms with E-state index in [0.717, 1.165) is 12.0 Å². The summed E-state index contributed by atoms with van der Waals surface area (Å²) in [5.41, 5.74) is 4.64. The molecule has 1 heteroatoms. The minimum Gasteiger partial charge on any atom is -0.294 e. The third-order valence-corrected chi connectivity index (χ3v) is 2.72. The van der Waals surface area contributed by atoms with Crippen LogP contribution in [0.4, 0.5) is 0 Å². The molecular weight excluding hydrogens is 148 g/mol. The zero-order valence-corrected chi connectivity index (χ0v) is 7.48. The molecule has 0 radical (unpaired) electrons. The van der Waals surface area contributed by atoms with E-state index in [2.05, 4.69) is 19.1 Å². The fourth-order valence-corrected chi connectivity index (χ4v) is 1.84. The summed E-state index contributed by atoms with van der Waals surface area (Å²) in [6.07, 6.45) is 1.65. The number of rotatable bonds is 0. The number of Topliss-reactive ketones (excluding diaryl/α,β-unsaturated/α-hetero) is 1. The van der Waals surface area contributed by atoms with Gasteiger partial charge >= 0.3 is 0 Å². The predicted octanol–water partition coefficient (Wildman–Crippen LogP) is 2.43. The maximum atomic E-state index is 11.4. The summed E-state index contributed by atoms with van der Waals surface area (Å²) in [7, 11) is 0. The number of benzene rings is 1. The van der Waals surface area contributed by atoms with Crippen LogP contribution in [0.15, 0.2) is 12.1 Å². The van der Waals surface area contributed by atoms with Crippen LogP contribution in [-0.2, 0) is 6.42 Å². The summed E-state index contributed by atoms with van der Waals surface area (Å²) in [6.45, 7) is 4.10. The first-order valence-corrected chi connectivity index (χ1v) is 4.32. The van der Waals surface area contributed by atoms with E-state index in [-0.39, 0.29) is 0 Å². The fourth-order valence-electron chi connectivity index (χ4n) is 1.84. The molecule has 0 aliphatic heterocycles. The van der Waals surface area contributed by atoms with Crippen molar-refractivity contribution in [1.29, 1.82) is 0 Å². The number of aryl methyl sites for hydroxylation is 2. The molecular formula is C11H12O. The second-order valence-corrected chi connectivity index (χ2v) is 3.46. The van der Waals surface area contributed by atoms with Gasteiger partial charge in [0.15, 0.2) is 5.78 Å². The standard InChI is InChI=1S/C11H12O/c1-7-3-4-9-5-6-10(12)11(9)8(7)2/h3-4H,5-6H2,1-2H3. The van der Waals surface area contributed by atoms with Gasteiger partial charge < -0.3 is 0 Å². The molecule has 2 rings (SSSR count). The third kappa shape index (κ3) is 0.893. The van der Waals surface area contributed by atoms with Crippen LogP contribution in [-0.4, -0.2) is 5.78 Å². The van der Waals surface area contributed by atoms with Crippen molar-refractivity contribution in [3.05, 3.63) is 34.4 Å². The van der Waals surface area contributed by atoms with Gasteiger partial charge in [-0.1, -0.05) is 12.1 Å². The van der Waals surface area contributed by atoms with Crippen LogP contribution in [0.2, 0.25) is 0 Å². The molecule has 1 aromatic rings. The van der Waals surface area contributed by atoms with E-state index >= 15 is 0 Å². The van der Waals surface area contributed by atoms with Gasteiger partial charge in [-0.15, -0.1) is 0 Å². The molecule has 0 saturated carbocycles. The van der Waals surface area contributed by atoms with Crippen molar-refractivity contribution in [1.82, 2.24) is 0 Å². The summed E-state index contributed by atoms with van der Waals surface area (Å²) < 4.78 is 0. The number of hydrogen-bond donors (Lipinski definition) is 0. The second kappa shape index (κ2) is 2.44. The van der Waals surface area contributed by atoms with Crippen molar-refractivity contribution in [2.45, 2.75) is 26.7 Å². The second-order valence-electron chi connectivity index (χ2n) is 3.46. The number of carbonyl (C=O) groups is 1. The Morgan fingerprint density at radius 2 is 1.92 bits per heavy atom. The lowest BCUT2D eigenvalue weighted by Crippen LogP contribution is -1.97. The van der Waals surface area contributed by atoms with Crippen LogP contribution < -0.4 is 0 Å². The SMILES string of the molecule is Cc1ccc2c(c1C)C(=O)CC2. The van der Waals surface area contributed by atoms with Crippen molar-refractivity contribution in [2.24, 2.45) is 0 Å². The summed E-state index contributed by atoms with van der Waals surface area (Å²) in [5, 5.41) is 0. The fraction of sp³-hybridized carbons (Fsp3) is 0.364. The van der Waals surface area contributed by atoms with Crippen molar-refractivity contribution >= 4 is 5.78 Å². The highest BCUT2D eigenvalue weighted by Crippen LogP contribution is 2.26. The van der Waals surface area contributed by atoms with Crippen molar-refractivity contribution in [2.75, 3.05) is 0 Å². The molecule has 0 spiro atoms. The van der Waals surface area contributed by atoms with Crippen LogP contribution in [0.25, 0.3) is 0 Å². The monoisotopic (exact) mass is 160 g/mol. The molecule has 12 heavy (non-hydrogen) atoms. The van der Waals surface area contributed by atoms with Gasteiger partial charge in [-0.2, -0.15) is 0 Å². The van der Waals surface area contributed by atoms with Gasteiger partial charge in [0.1, 0.15) is 0 Å². The molecule has 0 amide bonds. The molecule has 1 aliphatic rings. The maximum Gasteiger partial charge on any atom is 0.163 e. The average molecular weight is 160 g/mol. The van der Waals surface area contributed by atoms with Gasteiger partial charge in [-0.05, 0) is 37.0 Å². The van der Waals surface area contributed by atoms with Gasteiger partial charge in [-0.3, -0.25) is 4.79 Å². The number of ketones is 1. The first kappa shape index (κ1) is 7.53. The molecule has 62 valence electrons. The Bertz CT molecular complexity index is 350. The van der Waals surface area contributed by atoms with E-state index in [0.29, 0.717) is 12.2 Å². The van der Waals surface area contributed by atoms with Crippen LogP contribution in [0.1, 0.15) is 33.5 Å². The minimum absolute atomic E-state index is 0.325. The molecule has 1 aliphatic carbocycles. The number of fused-ring (bicyclic) bond motifs is 1. The first-order valence-electron chi connectivity index (χ1n) is 4.32. The van der Waals surface area contributed by atoms with Crippen LogP contribution in [0.5, 0.6) is 0 Å². The van der Waals surface area contributed by atoms with Gasteiger partial charge in [0.25, 0.3) is 0 Å². The lowest BCUT2D eigenvalue weighted by molar-refractivity contribution is 0.0994. The Morgan fingerprint density at radius 3 is 2.67 bits per heavy atom. The summed E-state index contributed by atoms with van der Waals surface area (Å²) in [6, 6.07) is 4.19. The Hall–Kier alpha value is -1.11. The molecule has 0 aromatic heterocycles. The number of hydrogen-bond acceptors (Lipinski definition) is 1. The van der Waals surface area contributed by atoms with Gasteiger partial charge in [0, 0.05) is 12.0 Å². The molecule has 0 heterocycles. The maximum absolute atomic E-state index is 11.4. The highest BCUT2D eigenvalue weighted by atomic mass is 16.1. The molecule has 0 unspecified atom stereocenters. The summed E-state index contributed by atoms with van der Waals surface area (Å²) >= 11 is 0. The Kier molecular flexibility index (Phi) is 1.53. The molecule has 0 bridgehead atoms. The van der Waals surface area contributed by atoms with Gasteiger partial charge in [0.2, 0.25) is 0 Å². The van der Waals surface area contributed by atoms with Crippen molar-refractivity contribution in [3.8, 4) is 0 Å². The van der Waals surface area contributed by atoms with E-state index in [1.807, 2.05) is 6.92 Å². The van der Waals surface area contributed by atoms with E-state index in [1.54, 1.807) is 0 Å². The summed E-state index contributed by atoms with van der Waals surface area (Å²) in [4.78, 5) is 11.4. The third-order valence-electron chi connectivity index (χ3n) is 2.72. The molecule has 0 atom stereocenters. The van der Waals surface area contributed by atoms with E-state index in [4.69, 9.17) is 0 Å². The predicted molar refractivity (Wildman–Crippen MR) is 48.6 cm³/mol. The highest BCUT2D eigenvalue weighted by molar-refractivity contribution is 6.01. The van der Waals surface area contributed by atoms with Crippen molar-refractivity contribution in [3.63, 3.8) is 0 Å². The van der Waals surface area contributed by atoms with Crippen LogP contribution in [0, 0.1) is 13.8 Å². The highest BCUT2D eigenvalue weighted by Gasteiger charge is 2.21. The Morgan fingerprint density at radius 1 is 1.17 bits per heavy atom. The smallest absolute Gasteiger partial charge is 0.163 e. The lowest BCUT2D eigenvalue weighted by atomic mass is 9.99. The molecule has 0 saturated heterocycles. The normalized spacial score (nSPS) is 15.0. The molecule has 0 N–H and O–H groups in total. The lowest BCUT2D eigenvalue weighted by Gasteiger charge is -2.05. The Balaban J connectivity index is 2.71. The molecule has 0 fully saturated rings. The quantitative estimate of drug-likeness (QED) is 0.569. The average Bonchev–Trinajstić information content (AvgIpc) is 2.41. The van der Waals surface area contributed by atoms with Gasteiger partial charge in [-0.25, -0.2) is 0 Å². The van der Waals surface area contributed by atoms with E-state index < -0.39 is 0 Å². The van der Waals surface area contributed by atoms with Gasteiger partial charge in [0.05, 0.1) is 0 Å². The van der Waals surface area contributed by atoms with Crippen LogP contribution >= 0.6 is 0 Å². The minimum atomic E-state index is 0.325. The molecule has 1 nitrogen and oxygen atoms in total. The first-order chi connectivity index (χ1) is 5.70. The Labute approximate surface area is 72.4 Å². The largest absolute Gasteiger partial charge is 0.294 e. The number of carbonyl (C=O) groups excluding carboxylic acids is 1. The zero-order chi connectivity index (χ0) is 8.72. The topological polar surface area (TPSA) is 17.1 Å². The zero-order valence-electron chi connectivity index (χ0n) is 7.48. The summed E-state index contributed by atoms with van der Waals surface area (Å²) in [5.74, 6) is 0.325. The van der Waals surface area contributed by atoms with Crippen molar-refractivity contribution < 1.29 is 4.79 Å². The van der Waals surface area contributed by atoms with E-state index in [9.17, 15) is 4.79 Å². The van der Waals surface area contributed by atoms with Crippen LogP contribution in [0.3, 0.4) is 0 Å². The van der Waals surface area contributed by atoms with E-state index in [1.165, 1.54) is 16.7 Å².